The molecule has 2 aromatic heterocycles. The van der Waals surface area contributed by atoms with E-state index in [9.17, 15) is 9.59 Å². The van der Waals surface area contributed by atoms with E-state index in [0.717, 1.165) is 72.1 Å². The van der Waals surface area contributed by atoms with Gasteiger partial charge in [-0.15, -0.1) is 16.4 Å². The molecule has 0 N–H and O–H groups in total. The second-order valence-corrected chi connectivity index (χ2v) is 10.1. The summed E-state index contributed by atoms with van der Waals surface area (Å²) in [4.78, 5) is 23.7. The van der Waals surface area contributed by atoms with Crippen molar-refractivity contribution in [2.24, 2.45) is 0 Å². The van der Waals surface area contributed by atoms with E-state index >= 15 is 0 Å². The molecule has 0 saturated heterocycles. The molecule has 3 aromatic rings. The summed E-state index contributed by atoms with van der Waals surface area (Å²) < 4.78 is 21.3. The van der Waals surface area contributed by atoms with Crippen molar-refractivity contribution in [3.05, 3.63) is 88.8 Å². The van der Waals surface area contributed by atoms with Crippen LogP contribution in [0, 0.1) is 23.7 Å². The molecule has 1 aromatic carbocycles. The van der Waals surface area contributed by atoms with Gasteiger partial charge in [0, 0.05) is 30.1 Å². The number of thiophene rings is 1. The Morgan fingerprint density at radius 3 is 1.98 bits per heavy atom. The number of esters is 2. The smallest absolute Gasteiger partial charge is 0.330 e. The molecule has 0 spiro atoms. The Labute approximate surface area is 250 Å². The first-order chi connectivity index (χ1) is 20.6. The molecule has 0 radical (unpaired) electrons. The Balaban J connectivity index is 1.35. The summed E-state index contributed by atoms with van der Waals surface area (Å²) in [6, 6.07) is 11.6. The number of aromatic nitrogens is 2. The van der Waals surface area contributed by atoms with Crippen LogP contribution in [-0.2, 0) is 25.5 Å². The zero-order valence-corrected chi connectivity index (χ0v) is 24.4. The Hall–Kier alpha value is -4.60. The van der Waals surface area contributed by atoms with E-state index in [0.29, 0.717) is 32.1 Å². The van der Waals surface area contributed by atoms with Gasteiger partial charge in [0.05, 0.1) is 29.6 Å². The van der Waals surface area contributed by atoms with E-state index in [1.807, 2.05) is 36.4 Å². The second-order valence-electron chi connectivity index (χ2n) is 9.01. The molecule has 0 saturated carbocycles. The monoisotopic (exact) mass is 586 g/mol. The van der Waals surface area contributed by atoms with Crippen molar-refractivity contribution in [2.45, 2.75) is 51.4 Å². The maximum absolute atomic E-state index is 11.0. The normalized spacial score (nSPS) is 10.0. The summed E-state index contributed by atoms with van der Waals surface area (Å²) >= 11 is 1.50. The molecule has 42 heavy (non-hydrogen) atoms. The Morgan fingerprint density at radius 2 is 1.33 bits per heavy atom. The van der Waals surface area contributed by atoms with E-state index in [4.69, 9.17) is 18.6 Å². The highest BCUT2D eigenvalue weighted by molar-refractivity contribution is 7.13. The molecule has 218 valence electrons. The largest absolute Gasteiger partial charge is 0.494 e. The van der Waals surface area contributed by atoms with Crippen molar-refractivity contribution in [1.82, 2.24) is 10.2 Å². The first-order valence-corrected chi connectivity index (χ1v) is 14.6. The number of aryl methyl sites for hydroxylation is 1. The van der Waals surface area contributed by atoms with E-state index < -0.39 is 5.97 Å². The molecule has 0 fully saturated rings. The molecule has 0 bridgehead atoms. The second kappa shape index (κ2) is 18.7. The van der Waals surface area contributed by atoms with Gasteiger partial charge in [-0.2, -0.15) is 0 Å². The first kappa shape index (κ1) is 31.9. The highest BCUT2D eigenvalue weighted by Gasteiger charge is 2.04. The van der Waals surface area contributed by atoms with Gasteiger partial charge < -0.3 is 18.6 Å². The zero-order chi connectivity index (χ0) is 29.8. The van der Waals surface area contributed by atoms with Crippen molar-refractivity contribution < 1.29 is 28.2 Å². The van der Waals surface area contributed by atoms with Crippen molar-refractivity contribution in [2.75, 3.05) is 19.8 Å². The van der Waals surface area contributed by atoms with Gasteiger partial charge in [-0.3, -0.25) is 0 Å². The Kier molecular flexibility index (Phi) is 14.2. The van der Waals surface area contributed by atoms with Gasteiger partial charge in [-0.05, 0) is 87.3 Å². The molecular weight excluding hydrogens is 552 g/mol. The molecule has 0 amide bonds. The molecule has 8 nitrogen and oxygen atoms in total. The van der Waals surface area contributed by atoms with Crippen LogP contribution in [0.15, 0.2) is 66.1 Å². The van der Waals surface area contributed by atoms with Crippen molar-refractivity contribution in [3.8, 4) is 29.4 Å². The molecule has 0 aliphatic carbocycles. The van der Waals surface area contributed by atoms with E-state index in [1.54, 1.807) is 0 Å². The van der Waals surface area contributed by atoms with Gasteiger partial charge in [-0.1, -0.05) is 30.1 Å². The molecule has 0 unspecified atom stereocenters. The molecule has 2 heterocycles. The lowest BCUT2D eigenvalue weighted by molar-refractivity contribution is -0.138. The number of hydrogen-bond donors (Lipinski definition) is 0. The molecule has 3 rings (SSSR count). The van der Waals surface area contributed by atoms with Crippen LogP contribution in [0.1, 0.15) is 72.0 Å². The third-order valence-electron chi connectivity index (χ3n) is 5.71. The fourth-order valence-electron chi connectivity index (χ4n) is 3.53. The Morgan fingerprint density at radius 1 is 0.738 bits per heavy atom. The fraction of sp³-hybridized carbons (Fsp3) is 0.333. The van der Waals surface area contributed by atoms with Crippen LogP contribution < -0.4 is 4.74 Å². The van der Waals surface area contributed by atoms with Crippen LogP contribution in [0.5, 0.6) is 5.75 Å². The summed E-state index contributed by atoms with van der Waals surface area (Å²) in [5.74, 6) is 13.2. The predicted octanol–water partition coefficient (Wildman–Crippen LogP) is 6.04. The van der Waals surface area contributed by atoms with Crippen LogP contribution in [0.2, 0.25) is 0 Å². The third kappa shape index (κ3) is 12.7. The van der Waals surface area contributed by atoms with Gasteiger partial charge in [0.1, 0.15) is 5.75 Å². The van der Waals surface area contributed by atoms with Gasteiger partial charge in [0.2, 0.25) is 5.89 Å². The number of carbonyl (C=O) groups excluding carboxylic acids is 2. The Bertz CT molecular complexity index is 1430. The molecule has 0 aliphatic heterocycles. The highest BCUT2D eigenvalue weighted by Crippen LogP contribution is 2.16. The standard InChI is InChI=1S/C33H34N2O6S/c1-3-32(36)39-24-10-6-5-9-23-38-27-16-13-26(14-17-27)15-18-28-19-20-29(42-28)21-22-31-35-34-30(41-31)12-8-7-11-25-40-33(37)4-2/h3-4,13-14,16-17,19-20H,1-2,5-12,23-25H2. The van der Waals surface area contributed by atoms with Crippen molar-refractivity contribution in [3.63, 3.8) is 0 Å². The number of unbranched alkanes of at least 4 members (excludes halogenated alkanes) is 5. The first-order valence-electron chi connectivity index (χ1n) is 13.8. The van der Waals surface area contributed by atoms with Gasteiger partial charge in [0.25, 0.3) is 5.89 Å². The van der Waals surface area contributed by atoms with Crippen molar-refractivity contribution in [1.29, 1.82) is 0 Å². The molecule has 9 heteroatoms. The molecule has 0 aliphatic rings. The van der Waals surface area contributed by atoms with E-state index in [-0.39, 0.29) is 11.9 Å². The number of rotatable bonds is 16. The maximum Gasteiger partial charge on any atom is 0.330 e. The zero-order valence-electron chi connectivity index (χ0n) is 23.6. The van der Waals surface area contributed by atoms with Crippen molar-refractivity contribution >= 4 is 23.3 Å². The lowest BCUT2D eigenvalue weighted by Crippen LogP contribution is -2.02. The maximum atomic E-state index is 11.0. The third-order valence-corrected chi connectivity index (χ3v) is 6.63. The average Bonchev–Trinajstić information content (AvgIpc) is 3.67. The summed E-state index contributed by atoms with van der Waals surface area (Å²) in [6.45, 7) is 8.18. The van der Waals surface area contributed by atoms with Gasteiger partial charge in [-0.25, -0.2) is 9.59 Å². The van der Waals surface area contributed by atoms with Gasteiger partial charge >= 0.3 is 11.9 Å². The highest BCUT2D eigenvalue weighted by atomic mass is 32.1. The van der Waals surface area contributed by atoms with Gasteiger partial charge in [0.15, 0.2) is 0 Å². The number of nitrogens with zero attached hydrogens (tertiary/aromatic N) is 2. The van der Waals surface area contributed by atoms with E-state index in [1.165, 1.54) is 17.4 Å². The van der Waals surface area contributed by atoms with Crippen LogP contribution >= 0.6 is 11.3 Å². The SMILES string of the molecule is C=CC(=O)OCCCCCCOc1ccc(C#Cc2ccc(C#Cc3nnc(CCCCCOC(=O)C=C)o3)s2)cc1. The summed E-state index contributed by atoms with van der Waals surface area (Å²) in [5, 5.41) is 8.04. The molecule has 0 atom stereocenters. The quantitative estimate of drug-likeness (QED) is 0.0867. The number of benzene rings is 1. The van der Waals surface area contributed by atoms with Crippen LogP contribution in [-0.4, -0.2) is 42.0 Å². The topological polar surface area (TPSA) is 101 Å². The average molecular weight is 587 g/mol. The van der Waals surface area contributed by atoms with Crippen LogP contribution in [0.4, 0.5) is 0 Å². The minimum Gasteiger partial charge on any atom is -0.494 e. The minimum absolute atomic E-state index is 0.278. The number of hydrogen-bond acceptors (Lipinski definition) is 9. The summed E-state index contributed by atoms with van der Waals surface area (Å²) in [5.41, 5.74) is 0.897. The fourth-order valence-corrected chi connectivity index (χ4v) is 4.24. The van der Waals surface area contributed by atoms with Crippen LogP contribution in [0.25, 0.3) is 0 Å². The number of ether oxygens (including phenoxy) is 3. The predicted molar refractivity (Wildman–Crippen MR) is 161 cm³/mol. The van der Waals surface area contributed by atoms with Crippen LogP contribution in [0.3, 0.4) is 0 Å². The lowest BCUT2D eigenvalue weighted by atomic mass is 10.2. The minimum atomic E-state index is -0.403. The summed E-state index contributed by atoms with van der Waals surface area (Å²) in [6.07, 6.45) is 9.25. The summed E-state index contributed by atoms with van der Waals surface area (Å²) in [7, 11) is 0. The van der Waals surface area contributed by atoms with E-state index in [2.05, 4.69) is 47.0 Å². The number of carbonyl (C=O) groups is 2. The molecular formula is C33H34N2O6S. The lowest BCUT2D eigenvalue weighted by Gasteiger charge is -2.06.